The lowest BCUT2D eigenvalue weighted by Gasteiger charge is -2.37. The summed E-state index contributed by atoms with van der Waals surface area (Å²) in [7, 11) is 3.17. The van der Waals surface area contributed by atoms with E-state index < -0.39 is 0 Å². The van der Waals surface area contributed by atoms with Crippen molar-refractivity contribution in [2.45, 2.75) is 32.7 Å². The Kier molecular flexibility index (Phi) is 7.99. The molecule has 3 rings (SSSR count). The first-order valence-electron chi connectivity index (χ1n) is 10.6. The average Bonchev–Trinajstić information content (AvgIpc) is 2.76. The summed E-state index contributed by atoms with van der Waals surface area (Å²) in [6.07, 6.45) is 0.850. The van der Waals surface area contributed by atoms with Crippen molar-refractivity contribution in [2.24, 2.45) is 0 Å². The first-order chi connectivity index (χ1) is 15.4. The summed E-state index contributed by atoms with van der Waals surface area (Å²) < 4.78 is 16.1. The second kappa shape index (κ2) is 10.7. The average molecular weight is 461 g/mol. The molecule has 1 aliphatic heterocycles. The zero-order valence-corrected chi connectivity index (χ0v) is 19.6. The number of anilines is 1. The molecule has 0 aromatic heterocycles. The molecule has 0 saturated heterocycles. The highest BCUT2D eigenvalue weighted by atomic mass is 35.5. The molecular formula is C24H29ClN2O5. The molecule has 0 aliphatic carbocycles. The number of nitrogens with one attached hydrogen (secondary N) is 1. The molecule has 7 nitrogen and oxygen atoms in total. The number of amides is 1. The van der Waals surface area contributed by atoms with Gasteiger partial charge in [-0.05, 0) is 61.2 Å². The topological polar surface area (TPSA) is 77.1 Å². The molecule has 1 heterocycles. The number of methoxy groups -OCH3 is 2. The van der Waals surface area contributed by atoms with Crippen LogP contribution in [0, 0.1) is 6.92 Å². The molecule has 0 spiro atoms. The lowest BCUT2D eigenvalue weighted by molar-refractivity contribution is -0.145. The number of ether oxygens (including phenoxy) is 3. The second-order valence-electron chi connectivity index (χ2n) is 7.68. The molecule has 0 radical (unpaired) electrons. The van der Waals surface area contributed by atoms with Crippen LogP contribution in [0.15, 0.2) is 30.3 Å². The highest BCUT2D eigenvalue weighted by Crippen LogP contribution is 2.39. The van der Waals surface area contributed by atoms with Gasteiger partial charge in [0, 0.05) is 12.6 Å². The summed E-state index contributed by atoms with van der Waals surface area (Å²) >= 11 is 6.26. The molecule has 0 bridgehead atoms. The number of aryl methyl sites for hydroxylation is 1. The van der Waals surface area contributed by atoms with Gasteiger partial charge >= 0.3 is 5.97 Å². The molecule has 2 aromatic rings. The first kappa shape index (κ1) is 23.9. The Bertz CT molecular complexity index is 995. The van der Waals surface area contributed by atoms with Crippen molar-refractivity contribution >= 4 is 29.2 Å². The van der Waals surface area contributed by atoms with Gasteiger partial charge < -0.3 is 19.5 Å². The Labute approximate surface area is 193 Å². The SMILES string of the molecule is CCOC(=O)C[C@H]1c2cc(OC)c(OC)cc2CCN1CC(=O)Nc1ccc(C)cc1Cl. The van der Waals surface area contributed by atoms with Crippen LogP contribution in [-0.4, -0.2) is 50.7 Å². The maximum Gasteiger partial charge on any atom is 0.307 e. The normalized spacial score (nSPS) is 15.6. The van der Waals surface area contributed by atoms with E-state index in [9.17, 15) is 9.59 Å². The quantitative estimate of drug-likeness (QED) is 0.596. The van der Waals surface area contributed by atoms with Gasteiger partial charge in [-0.2, -0.15) is 0 Å². The highest BCUT2D eigenvalue weighted by molar-refractivity contribution is 6.33. The van der Waals surface area contributed by atoms with Crippen LogP contribution in [0.2, 0.25) is 5.02 Å². The van der Waals surface area contributed by atoms with Crippen LogP contribution in [-0.2, 0) is 20.7 Å². The fourth-order valence-corrected chi connectivity index (χ4v) is 4.26. The number of hydrogen-bond acceptors (Lipinski definition) is 6. The number of carbonyl (C=O) groups excluding carboxylic acids is 2. The number of esters is 1. The Morgan fingerprint density at radius 3 is 2.53 bits per heavy atom. The van der Waals surface area contributed by atoms with Gasteiger partial charge in [0.05, 0.1) is 44.5 Å². The maximum absolute atomic E-state index is 12.8. The minimum Gasteiger partial charge on any atom is -0.493 e. The van der Waals surface area contributed by atoms with Crippen molar-refractivity contribution in [1.82, 2.24) is 4.90 Å². The Morgan fingerprint density at radius 2 is 1.88 bits per heavy atom. The number of hydrogen-bond donors (Lipinski definition) is 1. The van der Waals surface area contributed by atoms with Crippen molar-refractivity contribution < 1.29 is 23.8 Å². The minimum absolute atomic E-state index is 0.113. The molecule has 0 saturated carbocycles. The van der Waals surface area contributed by atoms with E-state index in [1.165, 1.54) is 0 Å². The van der Waals surface area contributed by atoms with Gasteiger partial charge in [-0.1, -0.05) is 17.7 Å². The highest BCUT2D eigenvalue weighted by Gasteiger charge is 2.32. The third kappa shape index (κ3) is 5.53. The summed E-state index contributed by atoms with van der Waals surface area (Å²) in [4.78, 5) is 27.2. The molecule has 1 N–H and O–H groups in total. The van der Waals surface area contributed by atoms with E-state index >= 15 is 0 Å². The van der Waals surface area contributed by atoms with Crippen LogP contribution in [0.3, 0.4) is 0 Å². The first-order valence-corrected chi connectivity index (χ1v) is 10.9. The maximum atomic E-state index is 12.8. The number of nitrogens with zero attached hydrogens (tertiary/aromatic N) is 1. The molecule has 2 aromatic carbocycles. The van der Waals surface area contributed by atoms with Crippen LogP contribution in [0.5, 0.6) is 11.5 Å². The van der Waals surface area contributed by atoms with Crippen molar-refractivity contribution in [3.8, 4) is 11.5 Å². The summed E-state index contributed by atoms with van der Waals surface area (Å²) in [6.45, 7) is 4.74. The zero-order chi connectivity index (χ0) is 23.3. The molecule has 0 fully saturated rings. The summed E-state index contributed by atoms with van der Waals surface area (Å²) in [6, 6.07) is 8.99. The van der Waals surface area contributed by atoms with Crippen molar-refractivity contribution in [3.63, 3.8) is 0 Å². The number of rotatable bonds is 8. The zero-order valence-electron chi connectivity index (χ0n) is 18.9. The van der Waals surface area contributed by atoms with Crippen molar-refractivity contribution in [2.75, 3.05) is 39.2 Å². The van der Waals surface area contributed by atoms with Crippen LogP contribution >= 0.6 is 11.6 Å². The van der Waals surface area contributed by atoms with Crippen molar-refractivity contribution in [1.29, 1.82) is 0 Å². The van der Waals surface area contributed by atoms with Crippen LogP contribution < -0.4 is 14.8 Å². The smallest absolute Gasteiger partial charge is 0.307 e. The molecular weight excluding hydrogens is 432 g/mol. The van der Waals surface area contributed by atoms with Gasteiger partial charge in [-0.3, -0.25) is 14.5 Å². The van der Waals surface area contributed by atoms with E-state index in [1.807, 2.05) is 30.0 Å². The van der Waals surface area contributed by atoms with Gasteiger partial charge in [0.25, 0.3) is 0 Å². The minimum atomic E-state index is -0.322. The number of benzene rings is 2. The van der Waals surface area contributed by atoms with Gasteiger partial charge in [0.1, 0.15) is 0 Å². The molecule has 8 heteroatoms. The third-order valence-electron chi connectivity index (χ3n) is 5.52. The van der Waals surface area contributed by atoms with E-state index in [2.05, 4.69) is 5.32 Å². The van der Waals surface area contributed by atoms with Crippen LogP contribution in [0.4, 0.5) is 5.69 Å². The Morgan fingerprint density at radius 1 is 1.16 bits per heavy atom. The van der Waals surface area contributed by atoms with Gasteiger partial charge in [-0.25, -0.2) is 0 Å². The summed E-state index contributed by atoms with van der Waals surface area (Å²) in [5.74, 6) is 0.708. The lowest BCUT2D eigenvalue weighted by atomic mass is 9.90. The van der Waals surface area contributed by atoms with E-state index in [0.717, 1.165) is 16.7 Å². The predicted octanol–water partition coefficient (Wildman–Crippen LogP) is 4.16. The molecule has 172 valence electrons. The fraction of sp³-hybridized carbons (Fsp3) is 0.417. The van der Waals surface area contributed by atoms with Crippen molar-refractivity contribution in [3.05, 3.63) is 52.0 Å². The Hall–Kier alpha value is -2.77. The number of halogens is 1. The molecule has 32 heavy (non-hydrogen) atoms. The van der Waals surface area contributed by atoms with E-state index in [-0.39, 0.29) is 30.9 Å². The lowest BCUT2D eigenvalue weighted by Crippen LogP contribution is -2.41. The summed E-state index contributed by atoms with van der Waals surface area (Å²) in [5, 5.41) is 3.36. The monoisotopic (exact) mass is 460 g/mol. The largest absolute Gasteiger partial charge is 0.493 e. The van der Waals surface area contributed by atoms with Gasteiger partial charge in [0.2, 0.25) is 5.91 Å². The van der Waals surface area contributed by atoms with E-state index in [4.69, 9.17) is 25.8 Å². The Balaban J connectivity index is 1.85. The second-order valence-corrected chi connectivity index (χ2v) is 8.09. The fourth-order valence-electron chi connectivity index (χ4n) is 3.98. The van der Waals surface area contributed by atoms with Gasteiger partial charge in [0.15, 0.2) is 11.5 Å². The standard InChI is InChI=1S/C24H29ClN2O5/c1-5-32-24(29)13-20-17-12-22(31-4)21(30-3)11-16(17)8-9-27(20)14-23(28)26-19-7-6-15(2)10-18(19)25/h6-7,10-12,20H,5,8-9,13-14H2,1-4H3,(H,26,28)/t20-/m0/s1. The number of carbonyl (C=O) groups is 2. The van der Waals surface area contributed by atoms with E-state index in [0.29, 0.717) is 41.8 Å². The van der Waals surface area contributed by atoms with Crippen LogP contribution in [0.1, 0.15) is 36.1 Å². The summed E-state index contributed by atoms with van der Waals surface area (Å²) in [5.41, 5.74) is 3.57. The predicted molar refractivity (Wildman–Crippen MR) is 124 cm³/mol. The molecule has 1 atom stereocenters. The van der Waals surface area contributed by atoms with Gasteiger partial charge in [-0.15, -0.1) is 0 Å². The molecule has 0 unspecified atom stereocenters. The molecule has 1 amide bonds. The van der Waals surface area contributed by atoms with Crippen LogP contribution in [0.25, 0.3) is 0 Å². The number of fused-ring (bicyclic) bond motifs is 1. The van der Waals surface area contributed by atoms with E-state index in [1.54, 1.807) is 33.3 Å². The molecule has 1 aliphatic rings. The third-order valence-corrected chi connectivity index (χ3v) is 5.84.